The Morgan fingerprint density at radius 3 is 2.54 bits per heavy atom. The van der Waals surface area contributed by atoms with Crippen molar-refractivity contribution < 1.29 is 27.3 Å². The third-order valence-corrected chi connectivity index (χ3v) is 7.41. The Balaban J connectivity index is 0.00000267. The van der Waals surface area contributed by atoms with Crippen molar-refractivity contribution in [2.24, 2.45) is 0 Å². The molecular weight excluding hydrogens is 496 g/mol. The highest BCUT2D eigenvalue weighted by molar-refractivity contribution is 7.90. The van der Waals surface area contributed by atoms with Gasteiger partial charge in [0.05, 0.1) is 17.9 Å². The topological polar surface area (TPSA) is 161 Å². The number of nitrogen functional groups attached to an aromatic ring is 1. The van der Waals surface area contributed by atoms with Gasteiger partial charge < -0.3 is 20.5 Å². The molecule has 11 nitrogen and oxygen atoms in total. The van der Waals surface area contributed by atoms with Crippen molar-refractivity contribution in [2.45, 2.75) is 56.8 Å². The highest BCUT2D eigenvalue weighted by Crippen LogP contribution is 2.33. The van der Waals surface area contributed by atoms with Gasteiger partial charge in [-0.15, -0.1) is 0 Å². The number of nitrogens with zero attached hydrogens (tertiary/aromatic N) is 4. The number of aliphatic hydroxyl groups is 1. The normalized spacial score (nSPS) is 18.4. The molecule has 0 aromatic carbocycles. The summed E-state index contributed by atoms with van der Waals surface area (Å²) in [5.74, 6) is -0.0387. The first-order valence-corrected chi connectivity index (χ1v) is 13.4. The average Bonchev–Trinajstić information content (AvgIpc) is 3.21. The van der Waals surface area contributed by atoms with Crippen molar-refractivity contribution in [3.63, 3.8) is 0 Å². The van der Waals surface area contributed by atoms with Crippen molar-refractivity contribution in [1.29, 1.82) is 0 Å². The SMILES string of the molecule is CC(CO)Oc1ccc(-c2ccc(C(=O)NS(=O)(=O)c3cccc(N)n3)c(N3[C@H](C)CC[C@@H]3C)n2)cn1.[HH].[HH].[HH]. The summed E-state index contributed by atoms with van der Waals surface area (Å²) in [5, 5.41) is 8.83. The Morgan fingerprint density at radius 1 is 1.19 bits per heavy atom. The van der Waals surface area contributed by atoms with Crippen LogP contribution in [-0.4, -0.2) is 59.2 Å². The number of amides is 1. The number of aliphatic hydroxyl groups excluding tert-OH is 1. The molecule has 3 aromatic rings. The molecule has 0 spiro atoms. The van der Waals surface area contributed by atoms with E-state index in [0.29, 0.717) is 23.0 Å². The third kappa shape index (κ3) is 5.81. The number of pyridine rings is 3. The molecule has 1 fully saturated rings. The lowest BCUT2D eigenvalue weighted by Crippen LogP contribution is -2.37. The molecule has 1 aliphatic rings. The average molecular weight is 533 g/mol. The number of rotatable bonds is 8. The summed E-state index contributed by atoms with van der Waals surface area (Å²) in [6.07, 6.45) is 3.03. The van der Waals surface area contributed by atoms with Crippen LogP contribution in [0.3, 0.4) is 0 Å². The molecule has 0 aliphatic carbocycles. The second kappa shape index (κ2) is 10.7. The lowest BCUT2D eigenvalue weighted by molar-refractivity contribution is 0.0981. The quantitative estimate of drug-likeness (QED) is 0.393. The van der Waals surface area contributed by atoms with E-state index in [1.54, 1.807) is 37.4 Å². The van der Waals surface area contributed by atoms with Gasteiger partial charge in [-0.25, -0.2) is 19.7 Å². The molecular formula is C25H36N6O5S. The van der Waals surface area contributed by atoms with E-state index >= 15 is 0 Å². The van der Waals surface area contributed by atoms with Gasteiger partial charge in [0.25, 0.3) is 15.9 Å². The molecule has 0 saturated carbocycles. The molecule has 3 aromatic heterocycles. The minimum atomic E-state index is -4.26. The van der Waals surface area contributed by atoms with Crippen LogP contribution in [0.15, 0.2) is 53.7 Å². The van der Waals surface area contributed by atoms with Crippen LogP contribution in [0.5, 0.6) is 5.88 Å². The minimum Gasteiger partial charge on any atom is -0.472 e. The van der Waals surface area contributed by atoms with Gasteiger partial charge in [0.15, 0.2) is 5.03 Å². The summed E-state index contributed by atoms with van der Waals surface area (Å²) in [6.45, 7) is 5.69. The zero-order valence-corrected chi connectivity index (χ0v) is 21.6. The van der Waals surface area contributed by atoms with Crippen molar-refractivity contribution >= 4 is 27.6 Å². The number of aromatic nitrogens is 3. The van der Waals surface area contributed by atoms with E-state index in [0.717, 1.165) is 12.8 Å². The molecule has 3 atom stereocenters. The van der Waals surface area contributed by atoms with E-state index in [9.17, 15) is 18.3 Å². The largest absolute Gasteiger partial charge is 0.472 e. The van der Waals surface area contributed by atoms with Crippen molar-refractivity contribution in [2.75, 3.05) is 17.2 Å². The van der Waals surface area contributed by atoms with Crippen LogP contribution >= 0.6 is 0 Å². The molecule has 0 bridgehead atoms. The number of anilines is 2. The van der Waals surface area contributed by atoms with E-state index < -0.39 is 22.0 Å². The molecule has 202 valence electrons. The second-order valence-electron chi connectivity index (χ2n) is 9.08. The predicted molar refractivity (Wildman–Crippen MR) is 145 cm³/mol. The molecule has 0 radical (unpaired) electrons. The third-order valence-electron chi connectivity index (χ3n) is 6.17. The van der Waals surface area contributed by atoms with Gasteiger partial charge in [0, 0.05) is 34.2 Å². The summed E-state index contributed by atoms with van der Waals surface area (Å²) >= 11 is 0. The first-order valence-electron chi connectivity index (χ1n) is 11.9. The van der Waals surface area contributed by atoms with Crippen LogP contribution in [-0.2, 0) is 10.0 Å². The zero-order valence-electron chi connectivity index (χ0n) is 20.8. The molecule has 1 aliphatic heterocycles. The van der Waals surface area contributed by atoms with Crippen LogP contribution < -0.4 is 20.1 Å². The van der Waals surface area contributed by atoms with Gasteiger partial charge in [-0.3, -0.25) is 4.79 Å². The monoisotopic (exact) mass is 532 g/mol. The maximum Gasteiger partial charge on any atom is 0.281 e. The fourth-order valence-corrected chi connectivity index (χ4v) is 5.19. The summed E-state index contributed by atoms with van der Waals surface area (Å²) < 4.78 is 33.3. The number of nitrogens with one attached hydrogen (secondary N) is 1. The molecule has 4 N–H and O–H groups in total. The Kier molecular flexibility index (Phi) is 7.60. The number of ether oxygens (including phenoxy) is 1. The second-order valence-corrected chi connectivity index (χ2v) is 10.7. The summed E-state index contributed by atoms with van der Waals surface area (Å²) in [4.78, 5) is 28.2. The first-order chi connectivity index (χ1) is 17.6. The van der Waals surface area contributed by atoms with Crippen LogP contribution in [0.2, 0.25) is 0 Å². The van der Waals surface area contributed by atoms with E-state index in [-0.39, 0.29) is 39.4 Å². The van der Waals surface area contributed by atoms with Gasteiger partial charge in [-0.05, 0) is 63.9 Å². The first kappa shape index (κ1) is 26.3. The fraction of sp³-hybridized carbons (Fsp3) is 0.360. The summed E-state index contributed by atoms with van der Waals surface area (Å²) in [6, 6.07) is 11.0. The molecule has 4 rings (SSSR count). The summed E-state index contributed by atoms with van der Waals surface area (Å²) in [5.41, 5.74) is 6.99. The van der Waals surface area contributed by atoms with E-state index in [2.05, 4.69) is 14.7 Å². The number of hydrogen-bond acceptors (Lipinski definition) is 10. The number of carbonyl (C=O) groups excluding carboxylic acids is 1. The molecule has 4 heterocycles. The predicted octanol–water partition coefficient (Wildman–Crippen LogP) is 3.11. The van der Waals surface area contributed by atoms with Gasteiger partial charge in [0.2, 0.25) is 5.88 Å². The van der Waals surface area contributed by atoms with Crippen LogP contribution in [0.1, 0.15) is 48.3 Å². The van der Waals surface area contributed by atoms with E-state index in [1.807, 2.05) is 18.7 Å². The maximum absolute atomic E-state index is 13.3. The number of hydrogen-bond donors (Lipinski definition) is 3. The molecule has 1 amide bonds. The Bertz CT molecular complexity index is 1390. The molecule has 12 heteroatoms. The van der Waals surface area contributed by atoms with Gasteiger partial charge in [-0.2, -0.15) is 8.42 Å². The highest BCUT2D eigenvalue weighted by Gasteiger charge is 2.33. The van der Waals surface area contributed by atoms with Crippen molar-refractivity contribution in [3.8, 4) is 17.1 Å². The zero-order chi connectivity index (χ0) is 26.7. The molecule has 37 heavy (non-hydrogen) atoms. The van der Waals surface area contributed by atoms with Crippen LogP contribution in [0.4, 0.5) is 11.6 Å². The fourth-order valence-electron chi connectivity index (χ4n) is 4.25. The Labute approximate surface area is 220 Å². The van der Waals surface area contributed by atoms with Gasteiger partial charge in [-0.1, -0.05) is 6.07 Å². The van der Waals surface area contributed by atoms with Crippen LogP contribution in [0.25, 0.3) is 11.3 Å². The maximum atomic E-state index is 13.3. The van der Waals surface area contributed by atoms with Crippen molar-refractivity contribution in [3.05, 3.63) is 54.2 Å². The molecule has 1 saturated heterocycles. The summed E-state index contributed by atoms with van der Waals surface area (Å²) in [7, 11) is -4.26. The smallest absolute Gasteiger partial charge is 0.281 e. The van der Waals surface area contributed by atoms with E-state index in [1.165, 1.54) is 18.2 Å². The Morgan fingerprint density at radius 2 is 1.92 bits per heavy atom. The number of sulfonamides is 1. The molecule has 1 unspecified atom stereocenters. The standard InChI is InChI=1S/C25H30N6O5S.3H2/c1-15-7-8-16(2)31(15)24-19(25(33)30-37(34,35)23-6-4-5-21(26)29-23)10-11-20(28-24)18-9-12-22(27-13-18)36-17(3)14-32;;;/h4-6,9-13,15-17,32H,7-8,14H2,1-3H3,(H2,26,29)(H,30,33);3*1H/t15-,16+,17?;;;. The number of carbonyl (C=O) groups is 1. The minimum absolute atomic E-state index is 0. The lowest BCUT2D eigenvalue weighted by Gasteiger charge is -2.29. The van der Waals surface area contributed by atoms with Crippen LogP contribution in [0, 0.1) is 0 Å². The van der Waals surface area contributed by atoms with Gasteiger partial charge in [0.1, 0.15) is 17.7 Å². The van der Waals surface area contributed by atoms with E-state index in [4.69, 9.17) is 15.5 Å². The Hall–Kier alpha value is -3.77. The highest BCUT2D eigenvalue weighted by atomic mass is 32.2. The van der Waals surface area contributed by atoms with Gasteiger partial charge >= 0.3 is 0 Å². The van der Waals surface area contributed by atoms with Crippen molar-refractivity contribution in [1.82, 2.24) is 19.7 Å². The lowest BCUT2D eigenvalue weighted by atomic mass is 10.1. The number of nitrogens with two attached hydrogens (primary N) is 1.